The number of fused-ring (bicyclic) bond motifs is 2. The van der Waals surface area contributed by atoms with E-state index in [9.17, 15) is 0 Å². The Hall–Kier alpha value is -3.61. The molecule has 0 unspecified atom stereocenters. The molecule has 1 aliphatic carbocycles. The summed E-state index contributed by atoms with van der Waals surface area (Å²) in [7, 11) is 0. The maximum Gasteiger partial charge on any atom is 0.177 e. The van der Waals surface area contributed by atoms with Crippen LogP contribution < -0.4 is 5.73 Å². The second-order valence-electron chi connectivity index (χ2n) is 8.05. The zero-order valence-corrected chi connectivity index (χ0v) is 16.5. The van der Waals surface area contributed by atoms with Crippen LogP contribution in [0, 0.1) is 0 Å². The third-order valence-corrected chi connectivity index (χ3v) is 6.19. The first-order valence-corrected chi connectivity index (χ1v) is 10.4. The van der Waals surface area contributed by atoms with E-state index < -0.39 is 0 Å². The van der Waals surface area contributed by atoms with E-state index >= 15 is 0 Å². The average molecular weight is 398 g/mol. The highest BCUT2D eigenvalue weighted by Gasteiger charge is 2.20. The molecule has 1 aliphatic rings. The van der Waals surface area contributed by atoms with Crippen molar-refractivity contribution >= 4 is 27.7 Å². The predicted molar refractivity (Wildman–Crippen MR) is 117 cm³/mol. The number of anilines is 1. The fourth-order valence-electron chi connectivity index (χ4n) is 4.60. The van der Waals surface area contributed by atoms with Crippen molar-refractivity contribution in [1.29, 1.82) is 0 Å². The maximum absolute atomic E-state index is 6.19. The highest BCUT2D eigenvalue weighted by molar-refractivity contribution is 6.02. The molecule has 0 saturated heterocycles. The molecule has 0 atom stereocenters. The maximum atomic E-state index is 6.19. The lowest BCUT2D eigenvalue weighted by Gasteiger charge is -2.21. The van der Waals surface area contributed by atoms with Crippen molar-refractivity contribution in [2.75, 3.05) is 5.73 Å². The third kappa shape index (κ3) is 2.69. The molecule has 7 heteroatoms. The van der Waals surface area contributed by atoms with E-state index in [1.165, 1.54) is 32.1 Å². The molecule has 0 bridgehead atoms. The van der Waals surface area contributed by atoms with Gasteiger partial charge in [-0.3, -0.25) is 9.78 Å². The topological polar surface area (TPSA) is 98.5 Å². The molecule has 7 nitrogen and oxygen atoms in total. The van der Waals surface area contributed by atoms with Gasteiger partial charge in [0, 0.05) is 39.9 Å². The molecule has 1 saturated carbocycles. The number of nitrogen functional groups attached to an aromatic ring is 1. The van der Waals surface area contributed by atoms with Gasteiger partial charge in [-0.25, -0.2) is 4.98 Å². The van der Waals surface area contributed by atoms with Crippen LogP contribution in [-0.4, -0.2) is 25.0 Å². The molecule has 150 valence electrons. The minimum absolute atomic E-state index is 0.386. The lowest BCUT2D eigenvalue weighted by Crippen LogP contribution is -2.12. The molecular formula is C23H22N6O. The molecule has 1 aromatic carbocycles. The number of pyridine rings is 1. The number of benzene rings is 1. The number of aromatic amines is 1. The monoisotopic (exact) mass is 398 g/mol. The van der Waals surface area contributed by atoms with Crippen molar-refractivity contribution in [3.63, 3.8) is 0 Å². The van der Waals surface area contributed by atoms with Crippen molar-refractivity contribution in [3.8, 4) is 22.5 Å². The second-order valence-corrected chi connectivity index (χ2v) is 8.05. The number of rotatable bonds is 3. The van der Waals surface area contributed by atoms with E-state index in [0.29, 0.717) is 17.4 Å². The summed E-state index contributed by atoms with van der Waals surface area (Å²) in [6.45, 7) is 0. The summed E-state index contributed by atoms with van der Waals surface area (Å²) >= 11 is 0. The molecule has 30 heavy (non-hydrogen) atoms. The Kier molecular flexibility index (Phi) is 3.87. The fourth-order valence-corrected chi connectivity index (χ4v) is 4.60. The zero-order chi connectivity index (χ0) is 20.1. The smallest absolute Gasteiger partial charge is 0.177 e. The summed E-state index contributed by atoms with van der Waals surface area (Å²) in [5, 5.41) is 13.9. The largest absolute Gasteiger partial charge is 0.452 e. The minimum Gasteiger partial charge on any atom is -0.452 e. The first-order valence-electron chi connectivity index (χ1n) is 10.4. The quantitative estimate of drug-likeness (QED) is 0.428. The Morgan fingerprint density at radius 2 is 1.97 bits per heavy atom. The zero-order valence-electron chi connectivity index (χ0n) is 16.5. The van der Waals surface area contributed by atoms with Gasteiger partial charge in [0.2, 0.25) is 0 Å². The van der Waals surface area contributed by atoms with Crippen LogP contribution in [0.4, 0.5) is 5.82 Å². The summed E-state index contributed by atoms with van der Waals surface area (Å²) < 4.78 is 8.30. The standard InChI is InChI=1S/C23H22N6O/c24-23-22-18(9-20(30-22)17-8-4-5-14-10-26-28-21(14)17)19(12-25-23)15-11-27-29(13-15)16-6-2-1-3-7-16/h4-5,8-13,16H,1-3,6-7H2,(H2,24,25)(H,26,28). The van der Waals surface area contributed by atoms with Crippen LogP contribution in [0.1, 0.15) is 38.1 Å². The molecule has 0 amide bonds. The Labute approximate surface area is 172 Å². The molecule has 4 heterocycles. The van der Waals surface area contributed by atoms with Gasteiger partial charge in [0.05, 0.1) is 24.0 Å². The van der Waals surface area contributed by atoms with Gasteiger partial charge in [-0.15, -0.1) is 0 Å². The van der Waals surface area contributed by atoms with E-state index in [-0.39, 0.29) is 0 Å². The van der Waals surface area contributed by atoms with Crippen LogP contribution in [0.5, 0.6) is 0 Å². The lowest BCUT2D eigenvalue weighted by molar-refractivity contribution is 0.329. The highest BCUT2D eigenvalue weighted by Crippen LogP contribution is 2.38. The number of hydrogen-bond donors (Lipinski definition) is 2. The molecular weight excluding hydrogens is 376 g/mol. The van der Waals surface area contributed by atoms with Crippen molar-refractivity contribution in [2.24, 2.45) is 0 Å². The van der Waals surface area contributed by atoms with E-state index in [1.54, 1.807) is 0 Å². The number of nitrogens with one attached hydrogen (secondary N) is 1. The molecule has 0 spiro atoms. The van der Waals surface area contributed by atoms with Gasteiger partial charge in [-0.05, 0) is 25.0 Å². The number of nitrogens with two attached hydrogens (primary N) is 1. The Morgan fingerprint density at radius 3 is 2.87 bits per heavy atom. The van der Waals surface area contributed by atoms with Crippen molar-refractivity contribution in [2.45, 2.75) is 38.1 Å². The fraction of sp³-hybridized carbons (Fsp3) is 0.261. The summed E-state index contributed by atoms with van der Waals surface area (Å²) in [6, 6.07) is 8.56. The van der Waals surface area contributed by atoms with Crippen LogP contribution in [-0.2, 0) is 0 Å². The Balaban J connectivity index is 1.47. The van der Waals surface area contributed by atoms with Crippen LogP contribution >= 0.6 is 0 Å². The van der Waals surface area contributed by atoms with E-state index in [2.05, 4.69) is 31.2 Å². The number of hydrogen-bond acceptors (Lipinski definition) is 5. The second kappa shape index (κ2) is 6.73. The van der Waals surface area contributed by atoms with Gasteiger partial charge < -0.3 is 10.2 Å². The number of nitrogens with zero attached hydrogens (tertiary/aromatic N) is 4. The summed E-state index contributed by atoms with van der Waals surface area (Å²) in [6.07, 6.45) is 13.9. The summed E-state index contributed by atoms with van der Waals surface area (Å²) in [5.41, 5.74) is 10.7. The van der Waals surface area contributed by atoms with Crippen LogP contribution in [0.25, 0.3) is 44.3 Å². The number of para-hydroxylation sites is 1. The Morgan fingerprint density at radius 1 is 1.07 bits per heavy atom. The molecule has 5 aromatic rings. The number of furan rings is 1. The lowest BCUT2D eigenvalue weighted by atomic mass is 9.96. The predicted octanol–water partition coefficient (Wildman–Crippen LogP) is 5.32. The van der Waals surface area contributed by atoms with Gasteiger partial charge in [-0.2, -0.15) is 10.2 Å². The van der Waals surface area contributed by atoms with E-state index in [1.807, 2.05) is 42.9 Å². The van der Waals surface area contributed by atoms with Gasteiger partial charge in [0.1, 0.15) is 5.76 Å². The first-order chi connectivity index (χ1) is 14.8. The minimum atomic E-state index is 0.386. The van der Waals surface area contributed by atoms with Crippen LogP contribution in [0.15, 0.2) is 53.5 Å². The Bertz CT molecular complexity index is 1350. The van der Waals surface area contributed by atoms with Crippen molar-refractivity contribution in [1.82, 2.24) is 25.0 Å². The first kappa shape index (κ1) is 17.3. The molecule has 0 radical (unpaired) electrons. The van der Waals surface area contributed by atoms with Crippen molar-refractivity contribution in [3.05, 3.63) is 49.1 Å². The average Bonchev–Trinajstić information content (AvgIpc) is 3.53. The van der Waals surface area contributed by atoms with Crippen molar-refractivity contribution < 1.29 is 4.42 Å². The van der Waals surface area contributed by atoms with Gasteiger partial charge in [0.15, 0.2) is 11.4 Å². The molecule has 4 aromatic heterocycles. The SMILES string of the molecule is Nc1ncc(-c2cnn(C3CCCCC3)c2)c2cc(-c3cccc4cn[nH]c34)oc12. The van der Waals surface area contributed by atoms with Gasteiger partial charge in [-0.1, -0.05) is 31.4 Å². The molecule has 3 N–H and O–H groups in total. The van der Waals surface area contributed by atoms with E-state index in [4.69, 9.17) is 10.2 Å². The number of H-pyrrole nitrogens is 1. The third-order valence-electron chi connectivity index (χ3n) is 6.19. The highest BCUT2D eigenvalue weighted by atomic mass is 16.3. The van der Waals surface area contributed by atoms with Gasteiger partial charge in [0.25, 0.3) is 0 Å². The van der Waals surface area contributed by atoms with Gasteiger partial charge >= 0.3 is 0 Å². The van der Waals surface area contributed by atoms with Crippen LogP contribution in [0.3, 0.4) is 0 Å². The van der Waals surface area contributed by atoms with E-state index in [0.717, 1.165) is 38.7 Å². The molecule has 1 fully saturated rings. The normalized spacial score (nSPS) is 15.3. The molecule has 6 rings (SSSR count). The summed E-state index contributed by atoms with van der Waals surface area (Å²) in [4.78, 5) is 4.39. The van der Waals surface area contributed by atoms with Crippen LogP contribution in [0.2, 0.25) is 0 Å². The summed E-state index contributed by atoms with van der Waals surface area (Å²) in [5.74, 6) is 1.12. The molecule has 0 aliphatic heterocycles. The number of aromatic nitrogens is 5.